The lowest BCUT2D eigenvalue weighted by Crippen LogP contribution is -2.23. The molecule has 1 atom stereocenters. The molecule has 0 fully saturated rings. The van der Waals surface area contributed by atoms with E-state index in [1.54, 1.807) is 19.1 Å². The summed E-state index contributed by atoms with van der Waals surface area (Å²) in [6.07, 6.45) is 0.486. The van der Waals surface area contributed by atoms with Gasteiger partial charge in [0.05, 0.1) is 0 Å². The number of benzene rings is 2. The molecule has 0 aliphatic heterocycles. The summed E-state index contributed by atoms with van der Waals surface area (Å²) in [5, 5.41) is 3.30. The topological polar surface area (TPSA) is 12.0 Å². The molecule has 0 bridgehead atoms. The van der Waals surface area contributed by atoms with Crippen LogP contribution in [0.1, 0.15) is 29.5 Å². The summed E-state index contributed by atoms with van der Waals surface area (Å²) in [6, 6.07) is 13.3. The summed E-state index contributed by atoms with van der Waals surface area (Å²) in [6.45, 7) is 5.22. The van der Waals surface area contributed by atoms with E-state index < -0.39 is 11.6 Å². The minimum absolute atomic E-state index is 0.128. The highest BCUT2D eigenvalue weighted by molar-refractivity contribution is 5.29. The number of nitrogens with one attached hydrogen (secondary N) is 1. The summed E-state index contributed by atoms with van der Waals surface area (Å²) >= 11 is 0. The van der Waals surface area contributed by atoms with Gasteiger partial charge in [-0.05, 0) is 36.6 Å². The van der Waals surface area contributed by atoms with Crippen LogP contribution in [-0.4, -0.2) is 13.1 Å². The lowest BCUT2D eigenvalue weighted by Gasteiger charge is -2.18. The summed E-state index contributed by atoms with van der Waals surface area (Å²) in [4.78, 5) is 0. The molecule has 0 aromatic heterocycles. The van der Waals surface area contributed by atoms with Crippen molar-refractivity contribution in [3.8, 4) is 0 Å². The number of hydrogen-bond acceptors (Lipinski definition) is 1. The summed E-state index contributed by atoms with van der Waals surface area (Å²) in [5.41, 5.74) is 1.92. The van der Waals surface area contributed by atoms with E-state index in [1.807, 2.05) is 37.3 Å². The Morgan fingerprint density at radius 2 is 1.71 bits per heavy atom. The second kappa shape index (κ2) is 7.32. The molecule has 0 aliphatic rings. The first-order valence-electron chi connectivity index (χ1n) is 7.32. The van der Waals surface area contributed by atoms with Crippen molar-refractivity contribution in [2.45, 2.75) is 26.2 Å². The molecule has 1 nitrogen and oxygen atoms in total. The first-order valence-corrected chi connectivity index (χ1v) is 7.32. The molecule has 0 heterocycles. The minimum Gasteiger partial charge on any atom is -0.316 e. The third kappa shape index (κ3) is 3.88. The Morgan fingerprint density at radius 3 is 2.38 bits per heavy atom. The number of halogens is 2. The van der Waals surface area contributed by atoms with Gasteiger partial charge in [-0.25, -0.2) is 8.78 Å². The van der Waals surface area contributed by atoms with E-state index in [0.717, 1.165) is 18.7 Å². The highest BCUT2D eigenvalue weighted by atomic mass is 19.2. The van der Waals surface area contributed by atoms with Crippen molar-refractivity contribution in [2.75, 3.05) is 13.1 Å². The highest BCUT2D eigenvalue weighted by Crippen LogP contribution is 2.24. The van der Waals surface area contributed by atoms with E-state index in [4.69, 9.17) is 0 Å². The molecule has 0 saturated heterocycles. The molecule has 0 saturated carbocycles. The number of rotatable bonds is 6. The molecule has 0 spiro atoms. The first-order chi connectivity index (χ1) is 10.1. The van der Waals surface area contributed by atoms with Gasteiger partial charge >= 0.3 is 0 Å². The van der Waals surface area contributed by atoms with Gasteiger partial charge in [-0.2, -0.15) is 0 Å². The molecule has 3 heteroatoms. The quantitative estimate of drug-likeness (QED) is 0.840. The fourth-order valence-electron chi connectivity index (χ4n) is 2.46. The van der Waals surface area contributed by atoms with Crippen LogP contribution in [0, 0.1) is 18.6 Å². The van der Waals surface area contributed by atoms with Crippen LogP contribution < -0.4 is 5.32 Å². The molecule has 2 rings (SSSR count). The highest BCUT2D eigenvalue weighted by Gasteiger charge is 2.17. The van der Waals surface area contributed by atoms with Crippen molar-refractivity contribution in [2.24, 2.45) is 0 Å². The molecule has 0 amide bonds. The molecule has 112 valence electrons. The minimum atomic E-state index is -0.734. The third-order valence-electron chi connectivity index (χ3n) is 3.73. The van der Waals surface area contributed by atoms with Crippen LogP contribution in [0.3, 0.4) is 0 Å². The molecular formula is C18H21F2N. The van der Waals surface area contributed by atoms with Gasteiger partial charge in [-0.15, -0.1) is 0 Å². The van der Waals surface area contributed by atoms with Crippen LogP contribution in [0.4, 0.5) is 8.78 Å². The van der Waals surface area contributed by atoms with E-state index >= 15 is 0 Å². The normalized spacial score (nSPS) is 12.4. The average Bonchev–Trinajstić information content (AvgIpc) is 2.52. The van der Waals surface area contributed by atoms with Gasteiger partial charge in [0.15, 0.2) is 11.6 Å². The van der Waals surface area contributed by atoms with Gasteiger partial charge in [0, 0.05) is 12.5 Å². The second-order valence-electron chi connectivity index (χ2n) is 5.29. The van der Waals surface area contributed by atoms with Crippen LogP contribution in [0.2, 0.25) is 0 Å². The van der Waals surface area contributed by atoms with Gasteiger partial charge < -0.3 is 5.32 Å². The maximum atomic E-state index is 14.1. The SMILES string of the molecule is CCNCC(Cc1ccc(C)c(F)c1F)c1ccccc1. The molecule has 2 aromatic carbocycles. The predicted molar refractivity (Wildman–Crippen MR) is 82.5 cm³/mol. The Morgan fingerprint density at radius 1 is 1.00 bits per heavy atom. The Balaban J connectivity index is 2.25. The molecule has 2 aromatic rings. The van der Waals surface area contributed by atoms with Gasteiger partial charge in [-0.3, -0.25) is 0 Å². The molecule has 0 radical (unpaired) electrons. The number of hydrogen-bond donors (Lipinski definition) is 1. The summed E-state index contributed by atoms with van der Waals surface area (Å²) < 4.78 is 27.8. The van der Waals surface area contributed by atoms with Gasteiger partial charge in [-0.1, -0.05) is 49.4 Å². The molecule has 21 heavy (non-hydrogen) atoms. The van der Waals surface area contributed by atoms with E-state index in [1.165, 1.54) is 0 Å². The first kappa shape index (κ1) is 15.6. The monoisotopic (exact) mass is 289 g/mol. The lowest BCUT2D eigenvalue weighted by atomic mass is 9.91. The average molecular weight is 289 g/mol. The molecule has 1 N–H and O–H groups in total. The van der Waals surface area contributed by atoms with Crippen molar-refractivity contribution < 1.29 is 8.78 Å². The number of aryl methyl sites for hydroxylation is 1. The lowest BCUT2D eigenvalue weighted by molar-refractivity contribution is 0.485. The van der Waals surface area contributed by atoms with E-state index in [-0.39, 0.29) is 5.92 Å². The molecule has 0 aliphatic carbocycles. The van der Waals surface area contributed by atoms with Crippen LogP contribution in [-0.2, 0) is 6.42 Å². The summed E-state index contributed by atoms with van der Waals surface area (Å²) in [5.74, 6) is -1.32. The Labute approximate surface area is 125 Å². The Kier molecular flexibility index (Phi) is 5.45. The van der Waals surface area contributed by atoms with E-state index in [0.29, 0.717) is 17.5 Å². The predicted octanol–water partition coefficient (Wildman–Crippen LogP) is 4.21. The smallest absolute Gasteiger partial charge is 0.162 e. The van der Waals surface area contributed by atoms with Crippen LogP contribution in [0.5, 0.6) is 0 Å². The zero-order valence-electron chi connectivity index (χ0n) is 12.5. The summed E-state index contributed by atoms with van der Waals surface area (Å²) in [7, 11) is 0. The van der Waals surface area contributed by atoms with E-state index in [2.05, 4.69) is 5.32 Å². The van der Waals surface area contributed by atoms with E-state index in [9.17, 15) is 8.78 Å². The van der Waals surface area contributed by atoms with Crippen molar-refractivity contribution in [1.29, 1.82) is 0 Å². The van der Waals surface area contributed by atoms with Crippen LogP contribution >= 0.6 is 0 Å². The van der Waals surface area contributed by atoms with Gasteiger partial charge in [0.2, 0.25) is 0 Å². The zero-order valence-corrected chi connectivity index (χ0v) is 12.5. The van der Waals surface area contributed by atoms with Crippen molar-refractivity contribution >= 4 is 0 Å². The third-order valence-corrected chi connectivity index (χ3v) is 3.73. The second-order valence-corrected chi connectivity index (χ2v) is 5.29. The van der Waals surface area contributed by atoms with Crippen molar-refractivity contribution in [1.82, 2.24) is 5.32 Å². The maximum Gasteiger partial charge on any atom is 0.162 e. The van der Waals surface area contributed by atoms with Gasteiger partial charge in [0.25, 0.3) is 0 Å². The fraction of sp³-hybridized carbons (Fsp3) is 0.333. The van der Waals surface area contributed by atoms with Crippen molar-refractivity contribution in [3.05, 3.63) is 70.8 Å². The molecule has 1 unspecified atom stereocenters. The fourth-order valence-corrected chi connectivity index (χ4v) is 2.46. The van der Waals surface area contributed by atoms with Gasteiger partial charge in [0.1, 0.15) is 0 Å². The van der Waals surface area contributed by atoms with Crippen LogP contribution in [0.15, 0.2) is 42.5 Å². The Hall–Kier alpha value is -1.74. The molecular weight excluding hydrogens is 268 g/mol. The maximum absolute atomic E-state index is 14.1. The standard InChI is InChI=1S/C18H21F2N/c1-3-21-12-16(14-7-5-4-6-8-14)11-15-10-9-13(2)17(19)18(15)20/h4-10,16,21H,3,11-12H2,1-2H3. The zero-order chi connectivity index (χ0) is 15.2. The number of likely N-dealkylation sites (N-methyl/N-ethyl adjacent to an activating group) is 1. The van der Waals surface area contributed by atoms with Crippen molar-refractivity contribution in [3.63, 3.8) is 0 Å². The largest absolute Gasteiger partial charge is 0.316 e. The Bertz CT molecular complexity index is 581. The van der Waals surface area contributed by atoms with Crippen LogP contribution in [0.25, 0.3) is 0 Å².